The Kier molecular flexibility index (Phi) is 6.99. The van der Waals surface area contributed by atoms with Crippen molar-refractivity contribution in [3.05, 3.63) is 58.8 Å². The largest absolute Gasteiger partial charge is 0.494 e. The van der Waals surface area contributed by atoms with Crippen molar-refractivity contribution in [1.29, 1.82) is 0 Å². The lowest BCUT2D eigenvalue weighted by Gasteiger charge is -2.07. The summed E-state index contributed by atoms with van der Waals surface area (Å²) < 4.78 is 5.37. The molecule has 2 heterocycles. The number of amides is 2. The van der Waals surface area contributed by atoms with E-state index in [4.69, 9.17) is 4.74 Å². The third-order valence-electron chi connectivity index (χ3n) is 3.43. The highest BCUT2D eigenvalue weighted by Crippen LogP contribution is 2.19. The number of thioether (sulfide) groups is 1. The van der Waals surface area contributed by atoms with Gasteiger partial charge in [-0.25, -0.2) is 0 Å². The van der Waals surface area contributed by atoms with E-state index in [1.165, 1.54) is 23.1 Å². The van der Waals surface area contributed by atoms with E-state index in [-0.39, 0.29) is 17.6 Å². The zero-order valence-corrected chi connectivity index (χ0v) is 16.7. The minimum atomic E-state index is -0.223. The zero-order chi connectivity index (χ0) is 19.8. The maximum atomic E-state index is 12.1. The predicted octanol–water partition coefficient (Wildman–Crippen LogP) is 3.92. The van der Waals surface area contributed by atoms with Crippen molar-refractivity contribution in [2.75, 3.05) is 23.0 Å². The second-order valence-electron chi connectivity index (χ2n) is 5.48. The molecule has 0 fully saturated rings. The van der Waals surface area contributed by atoms with Gasteiger partial charge in [0, 0.05) is 5.69 Å². The fourth-order valence-corrected chi connectivity index (χ4v) is 3.42. The molecule has 1 aromatic carbocycles. The van der Waals surface area contributed by atoms with Crippen LogP contribution in [0.3, 0.4) is 0 Å². The predicted molar refractivity (Wildman–Crippen MR) is 111 cm³/mol. The summed E-state index contributed by atoms with van der Waals surface area (Å²) >= 11 is 2.62. The van der Waals surface area contributed by atoms with Gasteiger partial charge >= 0.3 is 0 Å². The van der Waals surface area contributed by atoms with Gasteiger partial charge in [0.25, 0.3) is 5.91 Å². The summed E-state index contributed by atoms with van der Waals surface area (Å²) in [4.78, 5) is 24.6. The second kappa shape index (κ2) is 9.86. The summed E-state index contributed by atoms with van der Waals surface area (Å²) in [6.45, 7) is 2.51. The van der Waals surface area contributed by atoms with Gasteiger partial charge in [0.15, 0.2) is 5.82 Å². The lowest BCUT2D eigenvalue weighted by molar-refractivity contribution is -0.113. The topological polar surface area (TPSA) is 93.2 Å². The number of nitrogens with zero attached hydrogens (tertiary/aromatic N) is 2. The molecule has 0 spiro atoms. The SMILES string of the molecule is CCOc1ccc(NC(=O)CSc2ccc(NC(=O)c3cccs3)nn2)cc1. The molecule has 0 saturated heterocycles. The second-order valence-corrected chi connectivity index (χ2v) is 7.43. The van der Waals surface area contributed by atoms with E-state index in [1.807, 2.05) is 18.4 Å². The molecule has 9 heteroatoms. The highest BCUT2D eigenvalue weighted by Gasteiger charge is 2.09. The first kappa shape index (κ1) is 19.8. The number of hydrogen-bond acceptors (Lipinski definition) is 7. The molecule has 2 amide bonds. The number of thiophene rings is 1. The van der Waals surface area contributed by atoms with Crippen LogP contribution in [0.15, 0.2) is 58.9 Å². The number of aromatic nitrogens is 2. The molecule has 3 aromatic rings. The molecular formula is C19H18N4O3S2. The standard InChI is InChI=1S/C19H18N4O3S2/c1-2-26-14-7-5-13(6-8-14)20-17(24)12-28-18-10-9-16(22-23-18)21-19(25)15-4-3-11-27-15/h3-11H,2,12H2,1H3,(H,20,24)(H,21,22,25). The Morgan fingerprint density at radius 2 is 1.89 bits per heavy atom. The van der Waals surface area contributed by atoms with Crippen LogP contribution in [0.5, 0.6) is 5.75 Å². The van der Waals surface area contributed by atoms with Crippen LogP contribution in [0.1, 0.15) is 16.6 Å². The van der Waals surface area contributed by atoms with Gasteiger partial charge in [0.05, 0.1) is 17.2 Å². The van der Waals surface area contributed by atoms with Crippen molar-refractivity contribution < 1.29 is 14.3 Å². The average molecular weight is 415 g/mol. The fourth-order valence-electron chi connectivity index (χ4n) is 2.19. The van der Waals surface area contributed by atoms with Crippen LogP contribution in [-0.2, 0) is 4.79 Å². The Balaban J connectivity index is 1.46. The number of carbonyl (C=O) groups is 2. The van der Waals surface area contributed by atoms with E-state index in [1.54, 1.807) is 42.5 Å². The molecule has 0 saturated carbocycles. The van der Waals surface area contributed by atoms with Crippen LogP contribution in [0.25, 0.3) is 0 Å². The molecule has 0 aliphatic carbocycles. The van der Waals surface area contributed by atoms with Gasteiger partial charge in [-0.15, -0.1) is 21.5 Å². The van der Waals surface area contributed by atoms with Crippen molar-refractivity contribution in [2.45, 2.75) is 11.9 Å². The van der Waals surface area contributed by atoms with Gasteiger partial charge in [-0.1, -0.05) is 17.8 Å². The van der Waals surface area contributed by atoms with Crippen molar-refractivity contribution in [1.82, 2.24) is 10.2 Å². The number of anilines is 2. The zero-order valence-electron chi connectivity index (χ0n) is 15.0. The van der Waals surface area contributed by atoms with Crippen molar-refractivity contribution in [2.24, 2.45) is 0 Å². The maximum absolute atomic E-state index is 12.1. The van der Waals surface area contributed by atoms with E-state index in [0.29, 0.717) is 28.0 Å². The molecular weight excluding hydrogens is 396 g/mol. The van der Waals surface area contributed by atoms with Crippen molar-refractivity contribution in [3.8, 4) is 5.75 Å². The van der Waals surface area contributed by atoms with Gasteiger partial charge in [-0.3, -0.25) is 9.59 Å². The lowest BCUT2D eigenvalue weighted by atomic mass is 10.3. The van der Waals surface area contributed by atoms with E-state index >= 15 is 0 Å². The lowest BCUT2D eigenvalue weighted by Crippen LogP contribution is -2.14. The van der Waals surface area contributed by atoms with Crippen LogP contribution in [0.2, 0.25) is 0 Å². The van der Waals surface area contributed by atoms with Gasteiger partial charge < -0.3 is 15.4 Å². The molecule has 144 valence electrons. The molecule has 2 N–H and O–H groups in total. The molecule has 0 bridgehead atoms. The van der Waals surface area contributed by atoms with Crippen LogP contribution in [0, 0.1) is 0 Å². The Morgan fingerprint density at radius 3 is 2.54 bits per heavy atom. The van der Waals surface area contributed by atoms with Crippen molar-refractivity contribution in [3.63, 3.8) is 0 Å². The fraction of sp³-hybridized carbons (Fsp3) is 0.158. The molecule has 0 unspecified atom stereocenters. The number of hydrogen-bond donors (Lipinski definition) is 2. The van der Waals surface area contributed by atoms with Gasteiger partial charge in [-0.05, 0) is 54.8 Å². The quantitative estimate of drug-likeness (QED) is 0.543. The number of carbonyl (C=O) groups excluding carboxylic acids is 2. The average Bonchev–Trinajstić information content (AvgIpc) is 3.24. The number of rotatable bonds is 8. The van der Waals surface area contributed by atoms with Crippen LogP contribution < -0.4 is 15.4 Å². The highest BCUT2D eigenvalue weighted by molar-refractivity contribution is 7.99. The molecule has 2 aromatic heterocycles. The molecule has 3 rings (SSSR count). The molecule has 0 aliphatic rings. The third kappa shape index (κ3) is 5.80. The molecule has 7 nitrogen and oxygen atoms in total. The van der Waals surface area contributed by atoms with E-state index in [9.17, 15) is 9.59 Å². The number of benzene rings is 1. The first-order valence-electron chi connectivity index (χ1n) is 8.48. The Hall–Kier alpha value is -2.91. The van der Waals surface area contributed by atoms with Gasteiger partial charge in [0.1, 0.15) is 10.8 Å². The number of nitrogens with one attached hydrogen (secondary N) is 2. The molecule has 0 aliphatic heterocycles. The Morgan fingerprint density at radius 1 is 1.07 bits per heavy atom. The molecule has 0 atom stereocenters. The van der Waals surface area contributed by atoms with Crippen LogP contribution >= 0.6 is 23.1 Å². The summed E-state index contributed by atoms with van der Waals surface area (Å²) in [5.41, 5.74) is 0.701. The van der Waals surface area contributed by atoms with E-state index in [2.05, 4.69) is 20.8 Å². The third-order valence-corrected chi connectivity index (χ3v) is 5.22. The normalized spacial score (nSPS) is 10.3. The summed E-state index contributed by atoms with van der Waals surface area (Å²) in [5.74, 6) is 0.950. The van der Waals surface area contributed by atoms with Crippen LogP contribution in [-0.4, -0.2) is 34.4 Å². The Labute approximate surface area is 170 Å². The Bertz CT molecular complexity index is 913. The maximum Gasteiger partial charge on any atom is 0.266 e. The highest BCUT2D eigenvalue weighted by atomic mass is 32.2. The van der Waals surface area contributed by atoms with Gasteiger partial charge in [0.2, 0.25) is 5.91 Å². The minimum Gasteiger partial charge on any atom is -0.494 e. The summed E-state index contributed by atoms with van der Waals surface area (Å²) in [6, 6.07) is 14.1. The minimum absolute atomic E-state index is 0.147. The first-order valence-corrected chi connectivity index (χ1v) is 10.3. The van der Waals surface area contributed by atoms with E-state index in [0.717, 1.165) is 5.75 Å². The summed E-state index contributed by atoms with van der Waals surface area (Å²) in [5, 5.41) is 15.9. The molecule has 28 heavy (non-hydrogen) atoms. The molecule has 0 radical (unpaired) electrons. The van der Waals surface area contributed by atoms with Crippen molar-refractivity contribution >= 4 is 46.4 Å². The summed E-state index contributed by atoms with van der Waals surface area (Å²) in [6.07, 6.45) is 0. The van der Waals surface area contributed by atoms with Crippen LogP contribution in [0.4, 0.5) is 11.5 Å². The summed E-state index contributed by atoms with van der Waals surface area (Å²) in [7, 11) is 0. The first-order chi connectivity index (χ1) is 13.6. The smallest absolute Gasteiger partial charge is 0.266 e. The monoisotopic (exact) mass is 414 g/mol. The van der Waals surface area contributed by atoms with Gasteiger partial charge in [-0.2, -0.15) is 0 Å². The number of ether oxygens (including phenoxy) is 1. The van der Waals surface area contributed by atoms with E-state index < -0.39 is 0 Å².